The Kier molecular flexibility index (Phi) is 6.21. The predicted molar refractivity (Wildman–Crippen MR) is 86.9 cm³/mol. The first kappa shape index (κ1) is 16.8. The fourth-order valence-corrected chi connectivity index (χ4v) is 2.68. The summed E-state index contributed by atoms with van der Waals surface area (Å²) < 4.78 is 5.55. The molecule has 1 fully saturated rings. The lowest BCUT2D eigenvalue weighted by Crippen LogP contribution is -2.39. The van der Waals surface area contributed by atoms with E-state index in [1.54, 1.807) is 6.07 Å². The smallest absolute Gasteiger partial charge is 0.225 e. The molecule has 0 unspecified atom stereocenters. The molecule has 124 valence electrons. The zero-order valence-corrected chi connectivity index (χ0v) is 13.5. The van der Waals surface area contributed by atoms with E-state index in [0.29, 0.717) is 17.6 Å². The van der Waals surface area contributed by atoms with Crippen molar-refractivity contribution < 1.29 is 9.84 Å². The minimum absolute atomic E-state index is 0.0471. The van der Waals surface area contributed by atoms with E-state index >= 15 is 0 Å². The standard InChI is InChI=1S/C15H27N5O2/c1-11(2)22-14-8-13(18-15(16)19-14)17-5-7-20-6-3-4-12(9-20)10-21/h8,11-12,21H,3-7,9-10H2,1-2H3,(H3,16,17,18,19)/t12-/m0/s1. The number of likely N-dealkylation sites (tertiary alicyclic amines) is 1. The molecule has 1 saturated heterocycles. The number of ether oxygens (including phenoxy) is 1. The van der Waals surface area contributed by atoms with Crippen molar-refractivity contribution in [1.82, 2.24) is 14.9 Å². The molecular weight excluding hydrogens is 282 g/mol. The molecule has 1 atom stereocenters. The van der Waals surface area contributed by atoms with E-state index in [9.17, 15) is 5.11 Å². The summed E-state index contributed by atoms with van der Waals surface area (Å²) in [5.41, 5.74) is 5.71. The molecule has 0 aliphatic carbocycles. The molecule has 1 aromatic heterocycles. The Balaban J connectivity index is 1.82. The average Bonchev–Trinajstić information content (AvgIpc) is 2.46. The van der Waals surface area contributed by atoms with Gasteiger partial charge in [-0.15, -0.1) is 0 Å². The highest BCUT2D eigenvalue weighted by Gasteiger charge is 2.18. The number of piperidine rings is 1. The maximum Gasteiger partial charge on any atom is 0.225 e. The zero-order chi connectivity index (χ0) is 15.9. The number of nitrogens with zero attached hydrogens (tertiary/aromatic N) is 3. The summed E-state index contributed by atoms with van der Waals surface area (Å²) in [5.74, 6) is 1.79. The van der Waals surface area contributed by atoms with Gasteiger partial charge in [0.1, 0.15) is 5.82 Å². The Morgan fingerprint density at radius 1 is 1.50 bits per heavy atom. The van der Waals surface area contributed by atoms with Gasteiger partial charge in [-0.05, 0) is 39.2 Å². The highest BCUT2D eigenvalue weighted by Crippen LogP contribution is 2.17. The quantitative estimate of drug-likeness (QED) is 0.690. The number of nitrogen functional groups attached to an aromatic ring is 1. The van der Waals surface area contributed by atoms with E-state index < -0.39 is 0 Å². The Morgan fingerprint density at radius 2 is 2.32 bits per heavy atom. The van der Waals surface area contributed by atoms with E-state index in [-0.39, 0.29) is 18.7 Å². The van der Waals surface area contributed by atoms with Gasteiger partial charge in [0.05, 0.1) is 6.10 Å². The summed E-state index contributed by atoms with van der Waals surface area (Å²) in [4.78, 5) is 10.6. The summed E-state index contributed by atoms with van der Waals surface area (Å²) in [6, 6.07) is 1.77. The molecule has 1 aliphatic rings. The summed E-state index contributed by atoms with van der Waals surface area (Å²) in [7, 11) is 0. The topological polar surface area (TPSA) is 96.5 Å². The molecule has 1 aliphatic heterocycles. The lowest BCUT2D eigenvalue weighted by Gasteiger charge is -2.31. The van der Waals surface area contributed by atoms with Crippen LogP contribution in [-0.2, 0) is 0 Å². The van der Waals surface area contributed by atoms with Crippen molar-refractivity contribution in [3.8, 4) is 5.88 Å². The molecule has 0 spiro atoms. The minimum Gasteiger partial charge on any atom is -0.475 e. The predicted octanol–water partition coefficient (Wildman–Crippen LogP) is 0.962. The van der Waals surface area contributed by atoms with Crippen LogP contribution in [0.4, 0.5) is 11.8 Å². The second-order valence-electron chi connectivity index (χ2n) is 6.03. The fourth-order valence-electron chi connectivity index (χ4n) is 2.68. The Bertz CT molecular complexity index is 469. The Morgan fingerprint density at radius 3 is 3.05 bits per heavy atom. The van der Waals surface area contributed by atoms with Gasteiger partial charge in [0.25, 0.3) is 0 Å². The van der Waals surface area contributed by atoms with E-state index in [1.807, 2.05) is 13.8 Å². The zero-order valence-electron chi connectivity index (χ0n) is 13.5. The lowest BCUT2D eigenvalue weighted by molar-refractivity contribution is 0.123. The van der Waals surface area contributed by atoms with E-state index in [4.69, 9.17) is 10.5 Å². The van der Waals surface area contributed by atoms with Crippen molar-refractivity contribution in [2.24, 2.45) is 5.92 Å². The summed E-state index contributed by atoms with van der Waals surface area (Å²) in [5, 5.41) is 12.5. The number of nitrogens with one attached hydrogen (secondary N) is 1. The molecule has 4 N–H and O–H groups in total. The van der Waals surface area contributed by atoms with Crippen molar-refractivity contribution in [3.63, 3.8) is 0 Å². The largest absolute Gasteiger partial charge is 0.475 e. The first-order valence-electron chi connectivity index (χ1n) is 7.95. The molecule has 7 nitrogen and oxygen atoms in total. The number of rotatable bonds is 7. The van der Waals surface area contributed by atoms with Crippen LogP contribution in [0.3, 0.4) is 0 Å². The average molecular weight is 309 g/mol. The van der Waals surface area contributed by atoms with Crippen LogP contribution in [0.25, 0.3) is 0 Å². The third kappa shape index (κ3) is 5.31. The van der Waals surface area contributed by atoms with Gasteiger partial charge in [-0.1, -0.05) is 0 Å². The second kappa shape index (κ2) is 8.14. The van der Waals surface area contributed by atoms with Crippen LogP contribution < -0.4 is 15.8 Å². The van der Waals surface area contributed by atoms with Crippen LogP contribution in [0.2, 0.25) is 0 Å². The van der Waals surface area contributed by atoms with Crippen LogP contribution >= 0.6 is 0 Å². The van der Waals surface area contributed by atoms with Crippen molar-refractivity contribution in [2.45, 2.75) is 32.8 Å². The van der Waals surface area contributed by atoms with Crippen LogP contribution in [0.1, 0.15) is 26.7 Å². The number of hydrogen-bond acceptors (Lipinski definition) is 7. The van der Waals surface area contributed by atoms with Gasteiger partial charge in [0.2, 0.25) is 11.8 Å². The number of aliphatic hydroxyl groups is 1. The van der Waals surface area contributed by atoms with Crippen LogP contribution in [0.15, 0.2) is 6.07 Å². The molecule has 0 bridgehead atoms. The van der Waals surface area contributed by atoms with Gasteiger partial charge in [0, 0.05) is 32.3 Å². The van der Waals surface area contributed by atoms with Crippen LogP contribution in [-0.4, -0.2) is 58.9 Å². The molecule has 0 radical (unpaired) electrons. The van der Waals surface area contributed by atoms with Crippen LogP contribution in [0, 0.1) is 5.92 Å². The van der Waals surface area contributed by atoms with Gasteiger partial charge in [-0.2, -0.15) is 9.97 Å². The van der Waals surface area contributed by atoms with Crippen molar-refractivity contribution in [3.05, 3.63) is 6.07 Å². The molecule has 0 saturated carbocycles. The van der Waals surface area contributed by atoms with E-state index in [2.05, 4.69) is 20.2 Å². The minimum atomic E-state index is 0.0471. The normalized spacial score (nSPS) is 19.4. The fraction of sp³-hybridized carbons (Fsp3) is 0.733. The lowest BCUT2D eigenvalue weighted by atomic mass is 9.99. The first-order chi connectivity index (χ1) is 10.6. The monoisotopic (exact) mass is 309 g/mol. The van der Waals surface area contributed by atoms with Gasteiger partial charge >= 0.3 is 0 Å². The number of aliphatic hydroxyl groups excluding tert-OH is 1. The maximum absolute atomic E-state index is 9.26. The first-order valence-corrected chi connectivity index (χ1v) is 7.95. The molecule has 22 heavy (non-hydrogen) atoms. The Hall–Kier alpha value is -1.60. The Labute approximate surface area is 131 Å². The van der Waals surface area contributed by atoms with Gasteiger partial charge < -0.3 is 25.8 Å². The molecule has 2 rings (SSSR count). The SMILES string of the molecule is CC(C)Oc1cc(NCCN2CCC[C@H](CO)C2)nc(N)n1. The highest BCUT2D eigenvalue weighted by atomic mass is 16.5. The van der Waals surface area contributed by atoms with Gasteiger partial charge in [-0.25, -0.2) is 0 Å². The summed E-state index contributed by atoms with van der Waals surface area (Å²) in [6.07, 6.45) is 2.32. The molecule has 1 aromatic rings. The molecular formula is C15H27N5O2. The van der Waals surface area contributed by atoms with Crippen molar-refractivity contribution in [2.75, 3.05) is 43.8 Å². The third-order valence-corrected chi connectivity index (χ3v) is 3.67. The van der Waals surface area contributed by atoms with E-state index in [1.165, 1.54) is 0 Å². The molecule has 2 heterocycles. The number of aromatic nitrogens is 2. The van der Waals surface area contributed by atoms with E-state index in [0.717, 1.165) is 39.0 Å². The van der Waals surface area contributed by atoms with Gasteiger partial charge in [0.15, 0.2) is 0 Å². The number of nitrogens with two attached hydrogens (primary N) is 1. The van der Waals surface area contributed by atoms with Gasteiger partial charge in [-0.3, -0.25) is 0 Å². The molecule has 7 heteroatoms. The second-order valence-corrected chi connectivity index (χ2v) is 6.03. The number of hydrogen-bond donors (Lipinski definition) is 3. The maximum atomic E-state index is 9.26. The van der Waals surface area contributed by atoms with Crippen molar-refractivity contribution >= 4 is 11.8 Å². The third-order valence-electron chi connectivity index (χ3n) is 3.67. The summed E-state index contributed by atoms with van der Waals surface area (Å²) in [6.45, 7) is 7.91. The number of anilines is 2. The van der Waals surface area contributed by atoms with Crippen LogP contribution in [0.5, 0.6) is 5.88 Å². The summed E-state index contributed by atoms with van der Waals surface area (Å²) >= 11 is 0. The molecule has 0 aromatic carbocycles. The molecule has 0 amide bonds. The highest BCUT2D eigenvalue weighted by molar-refractivity contribution is 5.42. The van der Waals surface area contributed by atoms with Crippen molar-refractivity contribution in [1.29, 1.82) is 0 Å².